The highest BCUT2D eigenvalue weighted by molar-refractivity contribution is 5.30. The van der Waals surface area contributed by atoms with Gasteiger partial charge in [0.15, 0.2) is 0 Å². The van der Waals surface area contributed by atoms with E-state index in [1.165, 1.54) is 24.0 Å². The molecule has 1 heterocycles. The van der Waals surface area contributed by atoms with Gasteiger partial charge in [-0.15, -0.1) is 0 Å². The quantitative estimate of drug-likeness (QED) is 0.901. The summed E-state index contributed by atoms with van der Waals surface area (Å²) in [4.78, 5) is 2.58. The third kappa shape index (κ3) is 3.37. The predicted molar refractivity (Wildman–Crippen MR) is 82.2 cm³/mol. The second kappa shape index (κ2) is 5.64. The van der Waals surface area contributed by atoms with E-state index < -0.39 is 0 Å². The molecule has 2 atom stereocenters. The van der Waals surface area contributed by atoms with Gasteiger partial charge in [0.1, 0.15) is 0 Å². The topological polar surface area (TPSA) is 29.3 Å². The number of hydrogen-bond donors (Lipinski definition) is 1. The molecule has 1 aliphatic rings. The molecule has 0 radical (unpaired) electrons. The fourth-order valence-corrected chi connectivity index (χ4v) is 3.14. The lowest BCUT2D eigenvalue weighted by molar-refractivity contribution is 0.0839. The first-order chi connectivity index (χ1) is 8.91. The fourth-order valence-electron chi connectivity index (χ4n) is 3.14. The van der Waals surface area contributed by atoms with Gasteiger partial charge in [-0.3, -0.25) is 4.90 Å². The lowest BCUT2D eigenvalue weighted by atomic mass is 9.81. The largest absolute Gasteiger partial charge is 0.326 e. The van der Waals surface area contributed by atoms with Crippen LogP contribution in [0.3, 0.4) is 0 Å². The van der Waals surface area contributed by atoms with Crippen molar-refractivity contribution >= 4 is 0 Å². The van der Waals surface area contributed by atoms with Gasteiger partial charge in [-0.25, -0.2) is 0 Å². The molecule has 2 heteroatoms. The summed E-state index contributed by atoms with van der Waals surface area (Å²) in [7, 11) is 0. The molecule has 1 fully saturated rings. The van der Waals surface area contributed by atoms with Crippen molar-refractivity contribution in [1.82, 2.24) is 4.90 Å². The SMILES string of the molecule is Cc1ccccc1C(C(C)N)N1CCC(C)(C)CC1. The van der Waals surface area contributed by atoms with Gasteiger partial charge < -0.3 is 5.73 Å². The van der Waals surface area contributed by atoms with Crippen LogP contribution in [0.2, 0.25) is 0 Å². The minimum Gasteiger partial charge on any atom is -0.326 e. The lowest BCUT2D eigenvalue weighted by Crippen LogP contribution is -2.45. The van der Waals surface area contributed by atoms with Crippen molar-refractivity contribution < 1.29 is 0 Å². The van der Waals surface area contributed by atoms with E-state index in [1.54, 1.807) is 0 Å². The number of hydrogen-bond acceptors (Lipinski definition) is 2. The molecule has 1 aromatic carbocycles. The van der Waals surface area contributed by atoms with Crippen LogP contribution in [-0.4, -0.2) is 24.0 Å². The van der Waals surface area contributed by atoms with Gasteiger partial charge >= 0.3 is 0 Å². The van der Waals surface area contributed by atoms with Crippen molar-refractivity contribution in [3.63, 3.8) is 0 Å². The Morgan fingerprint density at radius 2 is 1.74 bits per heavy atom. The number of benzene rings is 1. The van der Waals surface area contributed by atoms with Crippen LogP contribution < -0.4 is 5.73 Å². The summed E-state index contributed by atoms with van der Waals surface area (Å²) in [5.41, 5.74) is 9.54. The van der Waals surface area contributed by atoms with Gasteiger partial charge in [0.2, 0.25) is 0 Å². The third-order valence-corrected chi connectivity index (χ3v) is 4.55. The second-order valence-electron chi connectivity index (χ2n) is 6.86. The van der Waals surface area contributed by atoms with Gasteiger partial charge in [0.25, 0.3) is 0 Å². The minimum atomic E-state index is 0.169. The molecule has 2 rings (SSSR count). The molecular formula is C17H28N2. The zero-order valence-electron chi connectivity index (χ0n) is 12.8. The third-order valence-electron chi connectivity index (χ3n) is 4.55. The summed E-state index contributed by atoms with van der Waals surface area (Å²) in [6, 6.07) is 9.20. The lowest BCUT2D eigenvalue weighted by Gasteiger charge is -2.43. The molecule has 2 unspecified atom stereocenters. The number of aryl methyl sites for hydroxylation is 1. The highest BCUT2D eigenvalue weighted by atomic mass is 15.2. The Morgan fingerprint density at radius 1 is 1.16 bits per heavy atom. The van der Waals surface area contributed by atoms with Gasteiger partial charge in [-0.1, -0.05) is 38.1 Å². The van der Waals surface area contributed by atoms with Crippen molar-refractivity contribution in [2.75, 3.05) is 13.1 Å². The molecule has 0 aromatic heterocycles. The Labute approximate surface area is 118 Å². The van der Waals surface area contributed by atoms with Crippen LogP contribution in [-0.2, 0) is 0 Å². The molecule has 0 amide bonds. The van der Waals surface area contributed by atoms with E-state index >= 15 is 0 Å². The molecule has 0 aliphatic carbocycles. The van der Waals surface area contributed by atoms with E-state index in [4.69, 9.17) is 5.73 Å². The summed E-state index contributed by atoms with van der Waals surface area (Å²) in [6.45, 7) is 11.4. The number of nitrogens with two attached hydrogens (primary N) is 1. The molecule has 2 N–H and O–H groups in total. The Balaban J connectivity index is 2.20. The Kier molecular flexibility index (Phi) is 4.32. The minimum absolute atomic E-state index is 0.169. The Hall–Kier alpha value is -0.860. The van der Waals surface area contributed by atoms with E-state index in [0.717, 1.165) is 13.1 Å². The van der Waals surface area contributed by atoms with Gasteiger partial charge in [0.05, 0.1) is 0 Å². The van der Waals surface area contributed by atoms with Crippen molar-refractivity contribution in [2.45, 2.75) is 52.6 Å². The normalized spacial score (nSPS) is 23.0. The molecule has 1 aliphatic heterocycles. The molecule has 0 bridgehead atoms. The molecular weight excluding hydrogens is 232 g/mol. The maximum Gasteiger partial charge on any atom is 0.0499 e. The first kappa shape index (κ1) is 14.5. The summed E-state index contributed by atoms with van der Waals surface area (Å²) in [5, 5.41) is 0. The molecule has 19 heavy (non-hydrogen) atoms. The number of piperidine rings is 1. The fraction of sp³-hybridized carbons (Fsp3) is 0.647. The van der Waals surface area contributed by atoms with Gasteiger partial charge in [0, 0.05) is 12.1 Å². The predicted octanol–water partition coefficient (Wildman–Crippen LogP) is 3.51. The van der Waals surface area contributed by atoms with E-state index in [0.29, 0.717) is 11.5 Å². The van der Waals surface area contributed by atoms with Crippen molar-refractivity contribution in [2.24, 2.45) is 11.1 Å². The molecule has 2 nitrogen and oxygen atoms in total. The average Bonchev–Trinajstić information content (AvgIpc) is 2.33. The van der Waals surface area contributed by atoms with Crippen molar-refractivity contribution in [3.05, 3.63) is 35.4 Å². The smallest absolute Gasteiger partial charge is 0.0499 e. The summed E-state index contributed by atoms with van der Waals surface area (Å²) in [5.74, 6) is 0. The average molecular weight is 260 g/mol. The summed E-state index contributed by atoms with van der Waals surface area (Å²) >= 11 is 0. The van der Waals surface area contributed by atoms with Crippen LogP contribution >= 0.6 is 0 Å². The zero-order chi connectivity index (χ0) is 14.0. The zero-order valence-corrected chi connectivity index (χ0v) is 12.8. The van der Waals surface area contributed by atoms with Crippen LogP contribution in [0.4, 0.5) is 0 Å². The molecule has 106 valence electrons. The first-order valence-corrected chi connectivity index (χ1v) is 7.46. The maximum atomic E-state index is 6.29. The first-order valence-electron chi connectivity index (χ1n) is 7.46. The van der Waals surface area contributed by atoms with E-state index in [-0.39, 0.29) is 6.04 Å². The second-order valence-corrected chi connectivity index (χ2v) is 6.86. The van der Waals surface area contributed by atoms with Crippen molar-refractivity contribution in [3.8, 4) is 0 Å². The van der Waals surface area contributed by atoms with Crippen molar-refractivity contribution in [1.29, 1.82) is 0 Å². The Morgan fingerprint density at radius 3 is 2.26 bits per heavy atom. The highest BCUT2D eigenvalue weighted by Gasteiger charge is 2.32. The van der Waals surface area contributed by atoms with Crippen LogP contribution in [0.25, 0.3) is 0 Å². The molecule has 1 saturated heterocycles. The number of likely N-dealkylation sites (tertiary alicyclic amines) is 1. The van der Waals surface area contributed by atoms with E-state index in [9.17, 15) is 0 Å². The van der Waals surface area contributed by atoms with Gasteiger partial charge in [-0.2, -0.15) is 0 Å². The van der Waals surface area contributed by atoms with Crippen LogP contribution in [0.5, 0.6) is 0 Å². The molecule has 0 saturated carbocycles. The van der Waals surface area contributed by atoms with Crippen LogP contribution in [0, 0.1) is 12.3 Å². The van der Waals surface area contributed by atoms with E-state index in [1.807, 2.05) is 0 Å². The number of rotatable bonds is 3. The Bertz CT molecular complexity index is 413. The molecule has 1 aromatic rings. The maximum absolute atomic E-state index is 6.29. The van der Waals surface area contributed by atoms with Gasteiger partial charge in [-0.05, 0) is 56.3 Å². The monoisotopic (exact) mass is 260 g/mol. The summed E-state index contributed by atoms with van der Waals surface area (Å²) < 4.78 is 0. The highest BCUT2D eigenvalue weighted by Crippen LogP contribution is 2.35. The molecule has 0 spiro atoms. The van der Waals surface area contributed by atoms with Crippen LogP contribution in [0.15, 0.2) is 24.3 Å². The van der Waals surface area contributed by atoms with E-state index in [2.05, 4.69) is 56.9 Å². The van der Waals surface area contributed by atoms with Crippen LogP contribution in [0.1, 0.15) is 50.8 Å². The number of nitrogens with zero attached hydrogens (tertiary/aromatic N) is 1. The summed E-state index contributed by atoms with van der Waals surface area (Å²) in [6.07, 6.45) is 2.53. The standard InChI is InChI=1S/C17H28N2/c1-13-7-5-6-8-15(13)16(14(2)18)19-11-9-17(3,4)10-12-19/h5-8,14,16H,9-12,18H2,1-4H3.